The summed E-state index contributed by atoms with van der Waals surface area (Å²) in [5.41, 5.74) is 0. The predicted molar refractivity (Wildman–Crippen MR) is 66.7 cm³/mol. The molecule has 0 aromatic carbocycles. The maximum Gasteiger partial charge on any atom is 0.0613 e. The molecule has 0 spiro atoms. The molecular formula is C13H26N2O. The SMILES string of the molecule is CCC1OCCC1CNC1CCN(C)CC1. The van der Waals surface area contributed by atoms with Gasteiger partial charge in [-0.3, -0.25) is 0 Å². The van der Waals surface area contributed by atoms with Crippen molar-refractivity contribution in [1.82, 2.24) is 10.2 Å². The third kappa shape index (κ3) is 3.19. The minimum Gasteiger partial charge on any atom is -0.378 e. The van der Waals surface area contributed by atoms with Crippen molar-refractivity contribution in [1.29, 1.82) is 0 Å². The maximum atomic E-state index is 5.72. The van der Waals surface area contributed by atoms with Crippen LogP contribution in [0.5, 0.6) is 0 Å². The molecule has 2 aliphatic rings. The van der Waals surface area contributed by atoms with E-state index in [1.165, 1.54) is 38.8 Å². The Balaban J connectivity index is 1.67. The monoisotopic (exact) mass is 226 g/mol. The number of nitrogens with one attached hydrogen (secondary N) is 1. The van der Waals surface area contributed by atoms with E-state index in [-0.39, 0.29) is 0 Å². The molecule has 0 aliphatic carbocycles. The molecule has 2 atom stereocenters. The van der Waals surface area contributed by atoms with Crippen LogP contribution in [0.25, 0.3) is 0 Å². The second-order valence-corrected chi connectivity index (χ2v) is 5.35. The van der Waals surface area contributed by atoms with Crippen LogP contribution in [0.3, 0.4) is 0 Å². The number of nitrogens with zero attached hydrogens (tertiary/aromatic N) is 1. The second-order valence-electron chi connectivity index (χ2n) is 5.35. The molecule has 0 radical (unpaired) electrons. The summed E-state index contributed by atoms with van der Waals surface area (Å²) < 4.78 is 5.72. The second kappa shape index (κ2) is 5.99. The summed E-state index contributed by atoms with van der Waals surface area (Å²) in [5.74, 6) is 0.754. The van der Waals surface area contributed by atoms with E-state index in [4.69, 9.17) is 4.74 Å². The molecule has 2 heterocycles. The summed E-state index contributed by atoms with van der Waals surface area (Å²) in [5, 5.41) is 3.74. The fraction of sp³-hybridized carbons (Fsp3) is 1.00. The Labute approximate surface area is 99.5 Å². The minimum atomic E-state index is 0.513. The zero-order valence-electron chi connectivity index (χ0n) is 10.7. The molecule has 2 unspecified atom stereocenters. The predicted octanol–water partition coefficient (Wildman–Crippen LogP) is 1.49. The van der Waals surface area contributed by atoms with Gasteiger partial charge in [-0.1, -0.05) is 6.92 Å². The molecule has 0 saturated carbocycles. The summed E-state index contributed by atoms with van der Waals surface area (Å²) in [7, 11) is 2.22. The van der Waals surface area contributed by atoms with Gasteiger partial charge < -0.3 is 15.0 Å². The molecule has 3 nitrogen and oxygen atoms in total. The number of likely N-dealkylation sites (tertiary alicyclic amines) is 1. The van der Waals surface area contributed by atoms with Gasteiger partial charge in [0.05, 0.1) is 6.10 Å². The van der Waals surface area contributed by atoms with Crippen LogP contribution in [0.15, 0.2) is 0 Å². The van der Waals surface area contributed by atoms with Gasteiger partial charge in [0.1, 0.15) is 0 Å². The lowest BCUT2D eigenvalue weighted by molar-refractivity contribution is 0.0857. The normalized spacial score (nSPS) is 33.4. The van der Waals surface area contributed by atoms with Crippen LogP contribution in [-0.2, 0) is 4.74 Å². The van der Waals surface area contributed by atoms with Gasteiger partial charge in [0, 0.05) is 19.2 Å². The molecule has 0 bridgehead atoms. The average molecular weight is 226 g/mol. The molecule has 1 N–H and O–H groups in total. The third-order valence-corrected chi connectivity index (χ3v) is 4.14. The van der Waals surface area contributed by atoms with E-state index in [2.05, 4.69) is 24.2 Å². The van der Waals surface area contributed by atoms with Gasteiger partial charge >= 0.3 is 0 Å². The Morgan fingerprint density at radius 2 is 2.00 bits per heavy atom. The van der Waals surface area contributed by atoms with E-state index >= 15 is 0 Å². The lowest BCUT2D eigenvalue weighted by atomic mass is 9.98. The van der Waals surface area contributed by atoms with Crippen LogP contribution >= 0.6 is 0 Å². The Hall–Kier alpha value is -0.120. The van der Waals surface area contributed by atoms with Crippen molar-refractivity contribution in [3.8, 4) is 0 Å². The first-order valence-electron chi connectivity index (χ1n) is 6.83. The Kier molecular flexibility index (Phi) is 4.62. The number of hydrogen-bond acceptors (Lipinski definition) is 3. The van der Waals surface area contributed by atoms with Gasteiger partial charge in [-0.05, 0) is 51.7 Å². The minimum absolute atomic E-state index is 0.513. The van der Waals surface area contributed by atoms with Gasteiger partial charge in [-0.2, -0.15) is 0 Å². The largest absolute Gasteiger partial charge is 0.378 e. The van der Waals surface area contributed by atoms with Crippen molar-refractivity contribution < 1.29 is 4.74 Å². The molecule has 0 aromatic heterocycles. The van der Waals surface area contributed by atoms with E-state index in [0.29, 0.717) is 6.10 Å². The highest BCUT2D eigenvalue weighted by Crippen LogP contribution is 2.23. The Morgan fingerprint density at radius 1 is 1.25 bits per heavy atom. The average Bonchev–Trinajstić information content (AvgIpc) is 2.76. The van der Waals surface area contributed by atoms with Crippen LogP contribution < -0.4 is 5.32 Å². The number of ether oxygens (including phenoxy) is 1. The standard InChI is InChI=1S/C13H26N2O/c1-3-13-11(6-9-16-13)10-14-12-4-7-15(2)8-5-12/h11-14H,3-10H2,1-2H3. The van der Waals surface area contributed by atoms with Gasteiger partial charge in [-0.15, -0.1) is 0 Å². The van der Waals surface area contributed by atoms with E-state index in [1.807, 2.05) is 0 Å². The van der Waals surface area contributed by atoms with E-state index in [0.717, 1.165) is 25.1 Å². The van der Waals surface area contributed by atoms with Crippen LogP contribution in [0.1, 0.15) is 32.6 Å². The third-order valence-electron chi connectivity index (χ3n) is 4.14. The molecule has 2 aliphatic heterocycles. The topological polar surface area (TPSA) is 24.5 Å². The summed E-state index contributed by atoms with van der Waals surface area (Å²) in [6.45, 7) is 6.86. The zero-order chi connectivity index (χ0) is 11.4. The fourth-order valence-electron chi connectivity index (χ4n) is 2.91. The first-order chi connectivity index (χ1) is 7.79. The first-order valence-corrected chi connectivity index (χ1v) is 6.83. The Bertz CT molecular complexity index is 202. The van der Waals surface area contributed by atoms with Gasteiger partial charge in [0.15, 0.2) is 0 Å². The number of rotatable bonds is 4. The molecule has 2 saturated heterocycles. The smallest absolute Gasteiger partial charge is 0.0613 e. The summed E-state index contributed by atoms with van der Waals surface area (Å²) in [4.78, 5) is 2.42. The van der Waals surface area contributed by atoms with Gasteiger partial charge in [-0.25, -0.2) is 0 Å². The van der Waals surface area contributed by atoms with Crippen LogP contribution in [0, 0.1) is 5.92 Å². The summed E-state index contributed by atoms with van der Waals surface area (Å²) in [6.07, 6.45) is 5.54. The van der Waals surface area contributed by atoms with Crippen molar-refractivity contribution in [2.45, 2.75) is 44.8 Å². The highest BCUT2D eigenvalue weighted by molar-refractivity contribution is 4.81. The van der Waals surface area contributed by atoms with Crippen LogP contribution in [0.4, 0.5) is 0 Å². The summed E-state index contributed by atoms with van der Waals surface area (Å²) in [6, 6.07) is 0.745. The van der Waals surface area contributed by atoms with Crippen molar-refractivity contribution in [3.05, 3.63) is 0 Å². The van der Waals surface area contributed by atoms with E-state index in [1.54, 1.807) is 0 Å². The number of hydrogen-bond donors (Lipinski definition) is 1. The molecule has 2 rings (SSSR count). The van der Waals surface area contributed by atoms with Crippen molar-refractivity contribution in [3.63, 3.8) is 0 Å². The van der Waals surface area contributed by atoms with Crippen molar-refractivity contribution in [2.75, 3.05) is 33.3 Å². The molecule has 3 heteroatoms. The lowest BCUT2D eigenvalue weighted by Crippen LogP contribution is -2.43. The molecule has 94 valence electrons. The number of piperidine rings is 1. The molecular weight excluding hydrogens is 200 g/mol. The maximum absolute atomic E-state index is 5.72. The van der Waals surface area contributed by atoms with Crippen LogP contribution in [-0.4, -0.2) is 50.3 Å². The quantitative estimate of drug-likeness (QED) is 0.786. The van der Waals surface area contributed by atoms with Crippen LogP contribution in [0.2, 0.25) is 0 Å². The van der Waals surface area contributed by atoms with E-state index < -0.39 is 0 Å². The van der Waals surface area contributed by atoms with Crippen molar-refractivity contribution in [2.24, 2.45) is 5.92 Å². The van der Waals surface area contributed by atoms with Crippen molar-refractivity contribution >= 4 is 0 Å². The molecule has 0 aromatic rings. The highest BCUT2D eigenvalue weighted by atomic mass is 16.5. The molecule has 0 amide bonds. The van der Waals surface area contributed by atoms with E-state index in [9.17, 15) is 0 Å². The first kappa shape index (κ1) is 12.3. The lowest BCUT2D eigenvalue weighted by Gasteiger charge is -2.30. The highest BCUT2D eigenvalue weighted by Gasteiger charge is 2.27. The zero-order valence-corrected chi connectivity index (χ0v) is 10.7. The van der Waals surface area contributed by atoms with Gasteiger partial charge in [0.2, 0.25) is 0 Å². The van der Waals surface area contributed by atoms with Gasteiger partial charge in [0.25, 0.3) is 0 Å². The fourth-order valence-corrected chi connectivity index (χ4v) is 2.91. The summed E-state index contributed by atoms with van der Waals surface area (Å²) >= 11 is 0. The molecule has 2 fully saturated rings. The molecule has 16 heavy (non-hydrogen) atoms. The Morgan fingerprint density at radius 3 is 2.69 bits per heavy atom.